The van der Waals surface area contributed by atoms with E-state index in [1.165, 1.54) is 4.90 Å². The first-order chi connectivity index (χ1) is 17.5. The van der Waals surface area contributed by atoms with Gasteiger partial charge < -0.3 is 14.5 Å². The van der Waals surface area contributed by atoms with Gasteiger partial charge in [-0.25, -0.2) is 4.79 Å². The molecule has 37 heavy (non-hydrogen) atoms. The molecule has 1 aliphatic carbocycles. The number of amides is 4. The second-order valence-corrected chi connectivity index (χ2v) is 12.1. The Hall–Kier alpha value is -2.87. The normalized spacial score (nSPS) is 23.6. The minimum atomic E-state index is -0.682. The van der Waals surface area contributed by atoms with Crippen LogP contribution >= 0.6 is 11.6 Å². The molecule has 4 amide bonds. The summed E-state index contributed by atoms with van der Waals surface area (Å²) in [6.45, 7) is 6.85. The summed E-state index contributed by atoms with van der Waals surface area (Å²) < 4.78 is 5.67. The molecule has 0 radical (unpaired) electrons. The number of hydrogen-bond acceptors (Lipinski definition) is 5. The third kappa shape index (κ3) is 4.76. The van der Waals surface area contributed by atoms with Crippen molar-refractivity contribution in [3.8, 4) is 0 Å². The molecule has 4 aliphatic rings. The maximum Gasteiger partial charge on any atom is 0.410 e. The second kappa shape index (κ2) is 9.46. The number of benzene rings is 1. The van der Waals surface area contributed by atoms with Crippen molar-refractivity contribution in [3.05, 3.63) is 39.9 Å². The van der Waals surface area contributed by atoms with E-state index in [9.17, 15) is 19.2 Å². The number of imide groups is 1. The monoisotopic (exact) mass is 527 g/mol. The van der Waals surface area contributed by atoms with Gasteiger partial charge >= 0.3 is 6.09 Å². The Morgan fingerprint density at radius 1 is 1.11 bits per heavy atom. The van der Waals surface area contributed by atoms with Gasteiger partial charge in [-0.15, -0.1) is 0 Å². The fraction of sp³-hybridized carbons (Fsp3) is 0.571. The number of carbonyl (C=O) groups is 4. The van der Waals surface area contributed by atoms with Crippen LogP contribution in [0.2, 0.25) is 5.02 Å². The SMILES string of the molecule is CC(C)(C)OC(=O)N1CC=C(c2ccc3c(c2Cl)CN(C2CCC(=O)NC2=O)C3=O)C2(CCCCC2)C1. The van der Waals surface area contributed by atoms with Crippen LogP contribution in [-0.4, -0.2) is 58.3 Å². The Morgan fingerprint density at radius 2 is 1.81 bits per heavy atom. The lowest BCUT2D eigenvalue weighted by Gasteiger charge is -2.46. The van der Waals surface area contributed by atoms with Crippen molar-refractivity contribution in [1.82, 2.24) is 15.1 Å². The van der Waals surface area contributed by atoms with Crippen LogP contribution < -0.4 is 5.32 Å². The zero-order valence-corrected chi connectivity index (χ0v) is 22.5. The molecule has 198 valence electrons. The number of ether oxygens (including phenoxy) is 1. The highest BCUT2D eigenvalue weighted by molar-refractivity contribution is 6.34. The number of rotatable bonds is 2. The number of hydrogen-bond donors (Lipinski definition) is 1. The Balaban J connectivity index is 1.46. The zero-order valence-electron chi connectivity index (χ0n) is 21.7. The molecular formula is C28H34ClN3O5. The van der Waals surface area contributed by atoms with Gasteiger partial charge in [-0.3, -0.25) is 19.7 Å². The van der Waals surface area contributed by atoms with Gasteiger partial charge in [0.1, 0.15) is 11.6 Å². The van der Waals surface area contributed by atoms with Crippen LogP contribution in [0.15, 0.2) is 18.2 Å². The van der Waals surface area contributed by atoms with Crippen molar-refractivity contribution in [3.63, 3.8) is 0 Å². The summed E-state index contributed by atoms with van der Waals surface area (Å²) in [7, 11) is 0. The molecule has 1 saturated heterocycles. The molecule has 1 N–H and O–H groups in total. The van der Waals surface area contributed by atoms with Gasteiger partial charge in [0.2, 0.25) is 11.8 Å². The standard InChI is InChI=1S/C28H34ClN3O5/c1-27(2,3)37-26(36)31-14-11-20(28(16-31)12-5-4-6-13-28)18-8-7-17-19(23(18)29)15-32(25(17)35)21-9-10-22(33)30-24(21)34/h7-8,11,21H,4-6,9-10,12-16H2,1-3H3,(H,30,33,34). The number of nitrogens with zero attached hydrogens (tertiary/aromatic N) is 2. The first-order valence-electron chi connectivity index (χ1n) is 13.1. The average Bonchev–Trinajstić information content (AvgIpc) is 3.16. The molecule has 9 heteroatoms. The number of halogens is 1. The van der Waals surface area contributed by atoms with Gasteiger partial charge in [0, 0.05) is 42.6 Å². The summed E-state index contributed by atoms with van der Waals surface area (Å²) >= 11 is 7.03. The Labute approximate surface area is 222 Å². The molecule has 1 aromatic rings. The van der Waals surface area contributed by atoms with Crippen LogP contribution in [-0.2, 0) is 20.9 Å². The fourth-order valence-corrected chi connectivity index (χ4v) is 6.59. The van der Waals surface area contributed by atoms with E-state index >= 15 is 0 Å². The highest BCUT2D eigenvalue weighted by Crippen LogP contribution is 2.51. The van der Waals surface area contributed by atoms with Gasteiger partial charge in [0.25, 0.3) is 5.91 Å². The summed E-state index contributed by atoms with van der Waals surface area (Å²) in [4.78, 5) is 53.5. The lowest BCUT2D eigenvalue weighted by molar-refractivity contribution is -0.136. The predicted molar refractivity (Wildman–Crippen MR) is 139 cm³/mol. The zero-order chi connectivity index (χ0) is 26.5. The molecule has 3 heterocycles. The van der Waals surface area contributed by atoms with Crippen LogP contribution in [0.1, 0.15) is 87.2 Å². The third-order valence-corrected chi connectivity index (χ3v) is 8.41. The van der Waals surface area contributed by atoms with Crippen LogP contribution in [0.25, 0.3) is 5.57 Å². The molecule has 2 fully saturated rings. The largest absolute Gasteiger partial charge is 0.444 e. The summed E-state index contributed by atoms with van der Waals surface area (Å²) in [6, 6.07) is 3.04. The molecule has 1 saturated carbocycles. The lowest BCUT2D eigenvalue weighted by Crippen LogP contribution is -2.52. The van der Waals surface area contributed by atoms with Crippen molar-refractivity contribution in [2.24, 2.45) is 5.41 Å². The van der Waals surface area contributed by atoms with Crippen molar-refractivity contribution in [2.45, 2.75) is 83.9 Å². The molecular weight excluding hydrogens is 494 g/mol. The Morgan fingerprint density at radius 3 is 2.49 bits per heavy atom. The van der Waals surface area contributed by atoms with Gasteiger partial charge in [0.05, 0.1) is 5.02 Å². The number of fused-ring (bicyclic) bond motifs is 1. The summed E-state index contributed by atoms with van der Waals surface area (Å²) in [5.74, 6) is -0.987. The highest BCUT2D eigenvalue weighted by Gasteiger charge is 2.45. The van der Waals surface area contributed by atoms with Crippen LogP contribution in [0, 0.1) is 5.41 Å². The minimum Gasteiger partial charge on any atom is -0.444 e. The van der Waals surface area contributed by atoms with E-state index in [0.717, 1.165) is 48.8 Å². The van der Waals surface area contributed by atoms with E-state index in [1.807, 2.05) is 32.9 Å². The topological polar surface area (TPSA) is 96.0 Å². The summed E-state index contributed by atoms with van der Waals surface area (Å²) in [6.07, 6.45) is 7.52. The average molecular weight is 528 g/mol. The van der Waals surface area contributed by atoms with Crippen LogP contribution in [0.5, 0.6) is 0 Å². The van der Waals surface area contributed by atoms with Crippen LogP contribution in [0.4, 0.5) is 4.79 Å². The van der Waals surface area contributed by atoms with Gasteiger partial charge in [-0.2, -0.15) is 0 Å². The quantitative estimate of drug-likeness (QED) is 0.563. The van der Waals surface area contributed by atoms with Crippen LogP contribution in [0.3, 0.4) is 0 Å². The fourth-order valence-electron chi connectivity index (χ4n) is 6.26. The number of piperidine rings is 1. The molecule has 1 unspecified atom stereocenters. The summed E-state index contributed by atoms with van der Waals surface area (Å²) in [5.41, 5.74) is 2.46. The maximum atomic E-state index is 13.2. The molecule has 5 rings (SSSR count). The van der Waals surface area contributed by atoms with Gasteiger partial charge in [-0.1, -0.05) is 43.0 Å². The number of nitrogens with one attached hydrogen (secondary N) is 1. The highest BCUT2D eigenvalue weighted by atomic mass is 35.5. The van der Waals surface area contributed by atoms with Crippen molar-refractivity contribution < 1.29 is 23.9 Å². The van der Waals surface area contributed by atoms with Crippen molar-refractivity contribution >= 4 is 41.0 Å². The Kier molecular flexibility index (Phi) is 6.59. The second-order valence-electron chi connectivity index (χ2n) is 11.7. The molecule has 3 aliphatic heterocycles. The van der Waals surface area contributed by atoms with E-state index < -0.39 is 17.6 Å². The van der Waals surface area contributed by atoms with E-state index in [4.69, 9.17) is 16.3 Å². The lowest BCUT2D eigenvalue weighted by atomic mass is 9.65. The predicted octanol–water partition coefficient (Wildman–Crippen LogP) is 4.69. The van der Waals surface area contributed by atoms with Crippen molar-refractivity contribution in [2.75, 3.05) is 13.1 Å². The first kappa shape index (κ1) is 25.8. The summed E-state index contributed by atoms with van der Waals surface area (Å²) in [5, 5.41) is 2.87. The maximum absolute atomic E-state index is 13.2. The Bertz CT molecular complexity index is 1190. The smallest absolute Gasteiger partial charge is 0.410 e. The molecule has 8 nitrogen and oxygen atoms in total. The molecule has 0 bridgehead atoms. The van der Waals surface area contributed by atoms with Crippen molar-refractivity contribution in [1.29, 1.82) is 0 Å². The third-order valence-electron chi connectivity index (χ3n) is 7.98. The molecule has 1 atom stereocenters. The first-order valence-corrected chi connectivity index (χ1v) is 13.5. The number of carbonyl (C=O) groups excluding carboxylic acids is 4. The van der Waals surface area contributed by atoms with E-state index in [2.05, 4.69) is 11.4 Å². The van der Waals surface area contributed by atoms with E-state index in [-0.39, 0.29) is 36.3 Å². The van der Waals surface area contributed by atoms with Gasteiger partial charge in [0.15, 0.2) is 0 Å². The van der Waals surface area contributed by atoms with E-state index in [0.29, 0.717) is 30.1 Å². The van der Waals surface area contributed by atoms with E-state index in [1.54, 1.807) is 4.90 Å². The molecule has 1 spiro atoms. The molecule has 1 aromatic carbocycles. The molecule has 0 aromatic heterocycles. The minimum absolute atomic E-state index is 0.207. The van der Waals surface area contributed by atoms with Gasteiger partial charge in [-0.05, 0) is 57.2 Å².